The molecule has 1 aromatic rings. The van der Waals surface area contributed by atoms with E-state index in [4.69, 9.17) is 4.74 Å². The van der Waals surface area contributed by atoms with Crippen LogP contribution in [0.3, 0.4) is 0 Å². The number of quaternary nitrogens is 2. The van der Waals surface area contributed by atoms with Crippen LogP contribution in [0.5, 0.6) is 5.75 Å². The lowest BCUT2D eigenvalue weighted by Crippen LogP contribution is -3.29. The van der Waals surface area contributed by atoms with Gasteiger partial charge in [-0.2, -0.15) is 0 Å². The summed E-state index contributed by atoms with van der Waals surface area (Å²) in [7, 11) is 2.18. The van der Waals surface area contributed by atoms with Crippen molar-refractivity contribution in [2.24, 2.45) is 0 Å². The Morgan fingerprint density at radius 1 is 1.16 bits per heavy atom. The molecule has 0 bridgehead atoms. The average Bonchev–Trinajstić information content (AvgIpc) is 2.91. The maximum absolute atomic E-state index is 13.0. The van der Waals surface area contributed by atoms with Gasteiger partial charge in [0.25, 0.3) is 5.91 Å². The molecular formula is C19H29N3O3+2. The second kappa shape index (κ2) is 7.97. The number of hydrogen-bond acceptors (Lipinski definition) is 3. The van der Waals surface area contributed by atoms with E-state index < -0.39 is 0 Å². The molecule has 3 rings (SSSR count). The van der Waals surface area contributed by atoms with Crippen LogP contribution in [0.2, 0.25) is 0 Å². The number of rotatable bonds is 6. The summed E-state index contributed by atoms with van der Waals surface area (Å²) in [5.41, 5.74) is 0.593. The molecule has 0 saturated carbocycles. The number of imide groups is 1. The number of piperazine rings is 1. The van der Waals surface area contributed by atoms with Crippen molar-refractivity contribution < 1.29 is 24.1 Å². The molecule has 1 aromatic carbocycles. The monoisotopic (exact) mass is 347 g/mol. The second-order valence-electron chi connectivity index (χ2n) is 7.11. The van der Waals surface area contributed by atoms with Gasteiger partial charge in [0.15, 0.2) is 6.04 Å². The third-order valence-corrected chi connectivity index (χ3v) is 5.25. The number of carbonyl (C=O) groups excluding carboxylic acids is 2. The van der Waals surface area contributed by atoms with Crippen LogP contribution in [-0.4, -0.2) is 57.7 Å². The first-order valence-corrected chi connectivity index (χ1v) is 9.36. The van der Waals surface area contributed by atoms with E-state index in [0.717, 1.165) is 39.0 Å². The number of nitrogens with one attached hydrogen (secondary N) is 2. The Bertz CT molecular complexity index is 626. The van der Waals surface area contributed by atoms with Crippen molar-refractivity contribution in [1.29, 1.82) is 0 Å². The summed E-state index contributed by atoms with van der Waals surface area (Å²) in [6.45, 7) is 6.68. The van der Waals surface area contributed by atoms with Crippen LogP contribution in [-0.2, 0) is 9.59 Å². The predicted molar refractivity (Wildman–Crippen MR) is 95.1 cm³/mol. The summed E-state index contributed by atoms with van der Waals surface area (Å²) in [4.78, 5) is 29.7. The summed E-state index contributed by atoms with van der Waals surface area (Å²) >= 11 is 0. The zero-order chi connectivity index (χ0) is 17.8. The highest BCUT2D eigenvalue weighted by Gasteiger charge is 2.47. The molecule has 6 heteroatoms. The van der Waals surface area contributed by atoms with Crippen LogP contribution < -0.4 is 19.4 Å². The van der Waals surface area contributed by atoms with Crippen molar-refractivity contribution in [3.8, 4) is 5.75 Å². The lowest BCUT2D eigenvalue weighted by Gasteiger charge is -2.30. The van der Waals surface area contributed by atoms with Gasteiger partial charge in [-0.05, 0) is 18.6 Å². The van der Waals surface area contributed by atoms with E-state index in [9.17, 15) is 9.59 Å². The number of carbonyl (C=O) groups is 2. The number of para-hydroxylation sites is 2. The first-order chi connectivity index (χ1) is 12.1. The molecule has 2 N–H and O–H groups in total. The second-order valence-corrected chi connectivity index (χ2v) is 7.11. The maximum atomic E-state index is 13.0. The smallest absolute Gasteiger partial charge is 0.292 e. The van der Waals surface area contributed by atoms with Crippen LogP contribution in [0.15, 0.2) is 24.3 Å². The molecule has 136 valence electrons. The molecule has 0 radical (unpaired) electrons. The molecule has 2 saturated heterocycles. The van der Waals surface area contributed by atoms with Crippen molar-refractivity contribution in [3.05, 3.63) is 24.3 Å². The molecule has 6 nitrogen and oxygen atoms in total. The van der Waals surface area contributed by atoms with E-state index in [0.29, 0.717) is 24.5 Å². The van der Waals surface area contributed by atoms with Gasteiger partial charge in [-0.3, -0.25) is 9.59 Å². The molecule has 2 aliphatic rings. The number of hydrogen-bond donors (Lipinski definition) is 2. The van der Waals surface area contributed by atoms with Crippen molar-refractivity contribution in [3.63, 3.8) is 0 Å². The van der Waals surface area contributed by atoms with Crippen LogP contribution in [0.25, 0.3) is 0 Å². The van der Waals surface area contributed by atoms with Crippen molar-refractivity contribution in [2.45, 2.75) is 32.2 Å². The molecule has 1 atom stereocenters. The number of anilines is 1. The Hall–Kier alpha value is -1.92. The van der Waals surface area contributed by atoms with Crippen LogP contribution >= 0.6 is 0 Å². The Morgan fingerprint density at radius 2 is 1.88 bits per heavy atom. The van der Waals surface area contributed by atoms with Gasteiger partial charge in [-0.15, -0.1) is 0 Å². The average molecular weight is 347 g/mol. The number of benzene rings is 1. The third kappa shape index (κ3) is 3.85. The molecule has 0 aromatic heterocycles. The molecule has 2 fully saturated rings. The van der Waals surface area contributed by atoms with E-state index in [2.05, 4.69) is 14.0 Å². The number of likely N-dealkylation sites (N-methyl/N-ethyl adjacent to an activating group) is 1. The van der Waals surface area contributed by atoms with Gasteiger partial charge < -0.3 is 14.5 Å². The maximum Gasteiger partial charge on any atom is 0.292 e. The molecule has 0 unspecified atom stereocenters. The van der Waals surface area contributed by atoms with Gasteiger partial charge in [0, 0.05) is 0 Å². The minimum absolute atomic E-state index is 0.0777. The highest BCUT2D eigenvalue weighted by Crippen LogP contribution is 2.31. The van der Waals surface area contributed by atoms with Crippen molar-refractivity contribution >= 4 is 17.5 Å². The van der Waals surface area contributed by atoms with Crippen molar-refractivity contribution in [1.82, 2.24) is 0 Å². The predicted octanol–water partition coefficient (Wildman–Crippen LogP) is -1.09. The Morgan fingerprint density at radius 3 is 2.60 bits per heavy atom. The lowest BCUT2D eigenvalue weighted by molar-refractivity contribution is -1.01. The normalized spacial score (nSPS) is 27.0. The van der Waals surface area contributed by atoms with Gasteiger partial charge in [0.05, 0.1) is 25.8 Å². The van der Waals surface area contributed by atoms with Crippen molar-refractivity contribution in [2.75, 3.05) is 44.7 Å². The van der Waals surface area contributed by atoms with Crippen LogP contribution in [0, 0.1) is 0 Å². The first kappa shape index (κ1) is 17.9. The van der Waals surface area contributed by atoms with Gasteiger partial charge in [0.1, 0.15) is 31.9 Å². The molecule has 2 amide bonds. The van der Waals surface area contributed by atoms with Gasteiger partial charge >= 0.3 is 0 Å². The van der Waals surface area contributed by atoms with Gasteiger partial charge in [0.2, 0.25) is 5.91 Å². The zero-order valence-corrected chi connectivity index (χ0v) is 15.2. The third-order valence-electron chi connectivity index (χ3n) is 5.25. The highest BCUT2D eigenvalue weighted by molar-refractivity contribution is 6.22. The summed E-state index contributed by atoms with van der Waals surface area (Å²) < 4.78 is 5.83. The SMILES string of the molecule is CCCCOc1ccccc1N1C(=O)C[C@H]([NH+]2CC[NH+](C)CC2)C1=O. The largest absolute Gasteiger partial charge is 0.491 e. The number of nitrogens with zero attached hydrogens (tertiary/aromatic N) is 1. The molecule has 0 spiro atoms. The minimum Gasteiger partial charge on any atom is -0.491 e. The summed E-state index contributed by atoms with van der Waals surface area (Å²) in [6, 6.07) is 7.13. The quantitative estimate of drug-likeness (QED) is 0.508. The first-order valence-electron chi connectivity index (χ1n) is 9.36. The summed E-state index contributed by atoms with van der Waals surface area (Å²) in [5.74, 6) is 0.433. The molecule has 2 aliphatic heterocycles. The molecule has 25 heavy (non-hydrogen) atoms. The summed E-state index contributed by atoms with van der Waals surface area (Å²) in [5, 5.41) is 0. The fourth-order valence-corrected chi connectivity index (χ4v) is 3.64. The Labute approximate surface area is 149 Å². The van der Waals surface area contributed by atoms with E-state index >= 15 is 0 Å². The topological polar surface area (TPSA) is 55.5 Å². The van der Waals surface area contributed by atoms with E-state index in [1.54, 1.807) is 0 Å². The molecular weight excluding hydrogens is 318 g/mol. The minimum atomic E-state index is -0.246. The van der Waals surface area contributed by atoms with E-state index in [-0.39, 0.29) is 17.9 Å². The highest BCUT2D eigenvalue weighted by atomic mass is 16.5. The van der Waals surface area contributed by atoms with Crippen LogP contribution in [0.1, 0.15) is 26.2 Å². The lowest BCUT2D eigenvalue weighted by atomic mass is 10.2. The zero-order valence-electron chi connectivity index (χ0n) is 15.2. The summed E-state index contributed by atoms with van der Waals surface area (Å²) in [6.07, 6.45) is 2.30. The van der Waals surface area contributed by atoms with Gasteiger partial charge in [-0.25, -0.2) is 4.90 Å². The Balaban J connectivity index is 1.76. The fraction of sp³-hybridized carbons (Fsp3) is 0.579. The Kier molecular flexibility index (Phi) is 5.71. The van der Waals surface area contributed by atoms with E-state index in [1.807, 2.05) is 24.3 Å². The van der Waals surface area contributed by atoms with E-state index in [1.165, 1.54) is 14.7 Å². The number of ether oxygens (including phenoxy) is 1. The molecule has 2 heterocycles. The van der Waals surface area contributed by atoms with Crippen LogP contribution in [0.4, 0.5) is 5.69 Å². The number of amides is 2. The molecule has 0 aliphatic carbocycles. The number of unbranched alkanes of at least 4 members (excludes halogenated alkanes) is 1. The van der Waals surface area contributed by atoms with Gasteiger partial charge in [-0.1, -0.05) is 25.5 Å². The standard InChI is InChI=1S/C19H27N3O3/c1-3-4-13-25-17-8-6-5-7-15(17)22-18(23)14-16(19(22)24)21-11-9-20(2)10-12-21/h5-8,16H,3-4,9-14H2,1-2H3/p+2/t16-/m0/s1. The fourth-order valence-electron chi connectivity index (χ4n) is 3.64.